The van der Waals surface area contributed by atoms with Gasteiger partial charge < -0.3 is 15.0 Å². The first-order valence-corrected chi connectivity index (χ1v) is 9.94. The van der Waals surface area contributed by atoms with E-state index in [0.29, 0.717) is 11.4 Å². The van der Waals surface area contributed by atoms with Crippen LogP contribution in [0.3, 0.4) is 0 Å². The maximum atomic E-state index is 12.9. The van der Waals surface area contributed by atoms with Crippen LogP contribution >= 0.6 is 11.6 Å². The van der Waals surface area contributed by atoms with E-state index in [0.717, 1.165) is 37.1 Å². The van der Waals surface area contributed by atoms with Gasteiger partial charge in [0.15, 0.2) is 0 Å². The Hall–Kier alpha value is -2.37. The summed E-state index contributed by atoms with van der Waals surface area (Å²) in [5.74, 6) is -0.332. The Kier molecular flexibility index (Phi) is 7.46. The number of nitrogens with one attached hydrogen (secondary N) is 1. The van der Waals surface area contributed by atoms with Crippen molar-refractivity contribution in [2.75, 3.05) is 19.7 Å². The smallest absolute Gasteiger partial charge is 0.246 e. The third kappa shape index (κ3) is 5.81. The molecule has 2 aromatic rings. The molecule has 28 heavy (non-hydrogen) atoms. The van der Waals surface area contributed by atoms with Crippen LogP contribution in [0.15, 0.2) is 54.6 Å². The minimum Gasteiger partial charge on any atom is -0.367 e. The molecule has 1 aliphatic rings. The zero-order valence-corrected chi connectivity index (χ0v) is 16.5. The molecule has 0 saturated carbocycles. The molecule has 2 aromatic carbocycles. The maximum absolute atomic E-state index is 12.9. The van der Waals surface area contributed by atoms with Crippen molar-refractivity contribution in [1.82, 2.24) is 10.2 Å². The van der Waals surface area contributed by atoms with Crippen molar-refractivity contribution >= 4 is 23.4 Å². The third-order valence-corrected chi connectivity index (χ3v) is 5.15. The van der Waals surface area contributed by atoms with Gasteiger partial charge in [0, 0.05) is 24.5 Å². The van der Waals surface area contributed by atoms with E-state index >= 15 is 0 Å². The zero-order valence-electron chi connectivity index (χ0n) is 15.8. The van der Waals surface area contributed by atoms with Crippen molar-refractivity contribution < 1.29 is 14.3 Å². The van der Waals surface area contributed by atoms with Crippen molar-refractivity contribution in [2.24, 2.45) is 0 Å². The number of carbonyl (C=O) groups excluding carboxylic acids is 2. The molecular formula is C22H25ClN2O3. The summed E-state index contributed by atoms with van der Waals surface area (Å²) in [5, 5.41) is 3.46. The van der Waals surface area contributed by atoms with Crippen LogP contribution in [0.4, 0.5) is 0 Å². The molecular weight excluding hydrogens is 376 g/mol. The second kappa shape index (κ2) is 10.2. The van der Waals surface area contributed by atoms with E-state index in [9.17, 15) is 9.59 Å². The fourth-order valence-electron chi connectivity index (χ4n) is 3.31. The number of rotatable bonds is 8. The molecule has 0 bridgehead atoms. The molecule has 1 fully saturated rings. The topological polar surface area (TPSA) is 58.6 Å². The van der Waals surface area contributed by atoms with Gasteiger partial charge in [0.2, 0.25) is 11.8 Å². The summed E-state index contributed by atoms with van der Waals surface area (Å²) >= 11 is 6.10. The van der Waals surface area contributed by atoms with Gasteiger partial charge in [-0.15, -0.1) is 0 Å². The van der Waals surface area contributed by atoms with Crippen LogP contribution in [0.2, 0.25) is 5.02 Å². The van der Waals surface area contributed by atoms with E-state index in [4.69, 9.17) is 16.3 Å². The van der Waals surface area contributed by atoms with Gasteiger partial charge in [0.25, 0.3) is 0 Å². The molecule has 1 saturated heterocycles. The first-order valence-electron chi connectivity index (χ1n) is 9.56. The molecule has 6 heteroatoms. The number of likely N-dealkylation sites (tertiary alicyclic amines) is 1. The Morgan fingerprint density at radius 2 is 1.71 bits per heavy atom. The van der Waals surface area contributed by atoms with Gasteiger partial charge in [-0.05, 0) is 30.0 Å². The number of ether oxygens (including phenoxy) is 1. The second-order valence-electron chi connectivity index (χ2n) is 6.93. The molecule has 1 heterocycles. The van der Waals surface area contributed by atoms with Gasteiger partial charge in [0.05, 0.1) is 6.61 Å². The summed E-state index contributed by atoms with van der Waals surface area (Å²) < 4.78 is 5.50. The highest BCUT2D eigenvalue weighted by atomic mass is 35.5. The van der Waals surface area contributed by atoms with E-state index in [-0.39, 0.29) is 25.0 Å². The van der Waals surface area contributed by atoms with Crippen molar-refractivity contribution in [3.05, 3.63) is 70.7 Å². The lowest BCUT2D eigenvalue weighted by Crippen LogP contribution is -2.49. The minimum atomic E-state index is -0.586. The van der Waals surface area contributed by atoms with Crippen molar-refractivity contribution in [2.45, 2.75) is 31.9 Å². The summed E-state index contributed by atoms with van der Waals surface area (Å²) in [5.41, 5.74) is 1.84. The second-order valence-corrected chi connectivity index (χ2v) is 7.33. The lowest BCUT2D eigenvalue weighted by Gasteiger charge is -2.24. The molecule has 1 N–H and O–H groups in total. The summed E-state index contributed by atoms with van der Waals surface area (Å²) in [6, 6.07) is 16.5. The summed E-state index contributed by atoms with van der Waals surface area (Å²) in [6.45, 7) is 1.63. The minimum absolute atomic E-state index is 0.0270. The molecule has 0 radical (unpaired) electrons. The molecule has 5 nitrogen and oxygen atoms in total. The highest BCUT2D eigenvalue weighted by Gasteiger charge is 2.28. The summed E-state index contributed by atoms with van der Waals surface area (Å²) in [4.78, 5) is 27.1. The molecule has 0 aromatic heterocycles. The summed E-state index contributed by atoms with van der Waals surface area (Å²) in [6.07, 6.45) is 2.49. The SMILES string of the molecule is O=C(COCc1ccccc1Cl)NC(Cc1ccccc1)C(=O)N1CCCC1. The first-order chi connectivity index (χ1) is 13.6. The average molecular weight is 401 g/mol. The molecule has 1 unspecified atom stereocenters. The van der Waals surface area contributed by atoms with Gasteiger partial charge in [-0.3, -0.25) is 9.59 Å². The summed E-state index contributed by atoms with van der Waals surface area (Å²) in [7, 11) is 0. The Morgan fingerprint density at radius 3 is 2.43 bits per heavy atom. The van der Waals surface area contributed by atoms with E-state index in [1.807, 2.05) is 53.4 Å². The number of benzene rings is 2. The lowest BCUT2D eigenvalue weighted by atomic mass is 10.0. The monoisotopic (exact) mass is 400 g/mol. The molecule has 148 valence electrons. The predicted molar refractivity (Wildman–Crippen MR) is 109 cm³/mol. The van der Waals surface area contributed by atoms with Crippen LogP contribution in [0.1, 0.15) is 24.0 Å². The molecule has 2 amide bonds. The quantitative estimate of drug-likeness (QED) is 0.740. The average Bonchev–Trinajstić information content (AvgIpc) is 3.24. The fourth-order valence-corrected chi connectivity index (χ4v) is 3.50. The largest absolute Gasteiger partial charge is 0.367 e. The lowest BCUT2D eigenvalue weighted by molar-refractivity contribution is -0.137. The van der Waals surface area contributed by atoms with Gasteiger partial charge in [-0.1, -0.05) is 60.1 Å². The number of hydrogen-bond donors (Lipinski definition) is 1. The molecule has 1 aliphatic heterocycles. The Bertz CT molecular complexity index is 791. The van der Waals surface area contributed by atoms with Crippen LogP contribution in [0.25, 0.3) is 0 Å². The van der Waals surface area contributed by atoms with E-state index < -0.39 is 6.04 Å². The van der Waals surface area contributed by atoms with Gasteiger partial charge in [-0.25, -0.2) is 0 Å². The van der Waals surface area contributed by atoms with Crippen molar-refractivity contribution in [1.29, 1.82) is 0 Å². The Balaban J connectivity index is 1.57. The molecule has 1 atom stereocenters. The van der Waals surface area contributed by atoms with Gasteiger partial charge >= 0.3 is 0 Å². The number of hydrogen-bond acceptors (Lipinski definition) is 3. The van der Waals surface area contributed by atoms with E-state index in [1.54, 1.807) is 6.07 Å². The zero-order chi connectivity index (χ0) is 19.8. The van der Waals surface area contributed by atoms with Crippen LogP contribution < -0.4 is 5.32 Å². The molecule has 0 spiro atoms. The highest BCUT2D eigenvalue weighted by Crippen LogP contribution is 2.16. The van der Waals surface area contributed by atoms with Gasteiger partial charge in [-0.2, -0.15) is 0 Å². The first kappa shape index (κ1) is 20.4. The normalized spacial score (nSPS) is 14.7. The maximum Gasteiger partial charge on any atom is 0.246 e. The van der Waals surface area contributed by atoms with Crippen molar-refractivity contribution in [3.63, 3.8) is 0 Å². The highest BCUT2D eigenvalue weighted by molar-refractivity contribution is 6.31. The molecule has 3 rings (SSSR count). The third-order valence-electron chi connectivity index (χ3n) is 4.78. The molecule has 0 aliphatic carbocycles. The predicted octanol–water partition coefficient (Wildman–Crippen LogP) is 3.21. The number of amides is 2. The van der Waals surface area contributed by atoms with E-state index in [2.05, 4.69) is 5.32 Å². The fraction of sp³-hybridized carbons (Fsp3) is 0.364. The van der Waals surface area contributed by atoms with Crippen LogP contribution in [-0.4, -0.2) is 42.5 Å². The van der Waals surface area contributed by atoms with Crippen molar-refractivity contribution in [3.8, 4) is 0 Å². The Morgan fingerprint density at radius 1 is 1.04 bits per heavy atom. The number of halogens is 1. The number of carbonyl (C=O) groups is 2. The van der Waals surface area contributed by atoms with Crippen LogP contribution in [0.5, 0.6) is 0 Å². The van der Waals surface area contributed by atoms with Gasteiger partial charge in [0.1, 0.15) is 12.6 Å². The van der Waals surface area contributed by atoms with E-state index in [1.165, 1.54) is 0 Å². The standard InChI is InChI=1S/C22H25ClN2O3/c23-19-11-5-4-10-18(19)15-28-16-21(26)24-20(14-17-8-2-1-3-9-17)22(27)25-12-6-7-13-25/h1-5,8-11,20H,6-7,12-16H2,(H,24,26). The number of nitrogens with zero attached hydrogens (tertiary/aromatic N) is 1. The van der Waals surface area contributed by atoms with Crippen LogP contribution in [-0.2, 0) is 27.4 Å². The Labute approximate surface area is 170 Å². The van der Waals surface area contributed by atoms with Crippen LogP contribution in [0, 0.1) is 0 Å².